The number of nitrogens with two attached hydrogens (primary N) is 1. The molecule has 2 unspecified atom stereocenters. The van der Waals surface area contributed by atoms with Crippen LogP contribution in [0.5, 0.6) is 0 Å². The molecule has 0 spiro atoms. The Bertz CT molecular complexity index is 413. The first-order valence-corrected chi connectivity index (χ1v) is 6.48. The molecule has 2 atom stereocenters. The second-order valence-electron chi connectivity index (χ2n) is 4.16. The molecule has 0 fully saturated rings. The maximum absolute atomic E-state index is 6.25. The fourth-order valence-electron chi connectivity index (χ4n) is 1.82. The van der Waals surface area contributed by atoms with Gasteiger partial charge in [0.05, 0.1) is 0 Å². The summed E-state index contributed by atoms with van der Waals surface area (Å²) >= 11 is 1.79. The number of halogens is 1. The molecule has 17 heavy (non-hydrogen) atoms. The molecule has 1 nitrogen and oxygen atoms in total. The summed E-state index contributed by atoms with van der Waals surface area (Å²) in [5, 5.41) is 2.11. The van der Waals surface area contributed by atoms with Gasteiger partial charge in [-0.15, -0.1) is 23.7 Å². The highest BCUT2D eigenvalue weighted by atomic mass is 35.5. The van der Waals surface area contributed by atoms with E-state index in [9.17, 15) is 0 Å². The van der Waals surface area contributed by atoms with Crippen LogP contribution in [0.2, 0.25) is 0 Å². The molecule has 2 N–H and O–H groups in total. The lowest BCUT2D eigenvalue weighted by atomic mass is 9.95. The van der Waals surface area contributed by atoms with E-state index in [1.807, 2.05) is 6.07 Å². The highest BCUT2D eigenvalue weighted by molar-refractivity contribution is 7.10. The van der Waals surface area contributed by atoms with Crippen molar-refractivity contribution in [3.05, 3.63) is 58.3 Å². The van der Waals surface area contributed by atoms with Crippen LogP contribution >= 0.6 is 23.7 Å². The summed E-state index contributed by atoms with van der Waals surface area (Å²) < 4.78 is 0. The fraction of sp³-hybridized carbons (Fsp3) is 0.286. The summed E-state index contributed by atoms with van der Waals surface area (Å²) in [4.78, 5) is 1.38. The standard InChI is InChI=1S/C14H17NS.ClH/c1-11(14-8-5-9-16-14)13(15)10-12-6-3-2-4-7-12;/h2-9,11,13H,10,15H2,1H3;1H. The maximum Gasteiger partial charge on any atom is 0.0154 e. The number of benzene rings is 1. The SMILES string of the molecule is CC(c1cccs1)C(N)Cc1ccccc1.Cl. The average molecular weight is 268 g/mol. The van der Waals surface area contributed by atoms with Crippen molar-refractivity contribution in [2.75, 3.05) is 0 Å². The molecule has 0 saturated heterocycles. The van der Waals surface area contributed by atoms with Gasteiger partial charge in [-0.25, -0.2) is 0 Å². The molecule has 0 aliphatic rings. The summed E-state index contributed by atoms with van der Waals surface area (Å²) in [5.41, 5.74) is 7.57. The van der Waals surface area contributed by atoms with Crippen LogP contribution < -0.4 is 5.73 Å². The smallest absolute Gasteiger partial charge is 0.0154 e. The monoisotopic (exact) mass is 267 g/mol. The van der Waals surface area contributed by atoms with Gasteiger partial charge >= 0.3 is 0 Å². The van der Waals surface area contributed by atoms with Crippen LogP contribution in [-0.4, -0.2) is 6.04 Å². The Labute approximate surface area is 113 Å². The van der Waals surface area contributed by atoms with Crippen molar-refractivity contribution in [2.24, 2.45) is 5.73 Å². The first-order valence-electron chi connectivity index (χ1n) is 5.60. The quantitative estimate of drug-likeness (QED) is 0.895. The van der Waals surface area contributed by atoms with Crippen molar-refractivity contribution in [3.8, 4) is 0 Å². The lowest BCUT2D eigenvalue weighted by molar-refractivity contribution is 0.571. The summed E-state index contributed by atoms with van der Waals surface area (Å²) in [6, 6.07) is 14.9. The third-order valence-corrected chi connectivity index (χ3v) is 4.02. The highest BCUT2D eigenvalue weighted by Crippen LogP contribution is 2.24. The number of rotatable bonds is 4. The van der Waals surface area contributed by atoms with Gasteiger partial charge in [0.2, 0.25) is 0 Å². The third-order valence-electron chi connectivity index (χ3n) is 2.95. The van der Waals surface area contributed by atoms with E-state index in [0.717, 1.165) is 6.42 Å². The van der Waals surface area contributed by atoms with E-state index in [0.29, 0.717) is 5.92 Å². The van der Waals surface area contributed by atoms with Crippen LogP contribution in [0.15, 0.2) is 47.8 Å². The molecule has 0 radical (unpaired) electrons. The molecule has 1 aromatic heterocycles. The summed E-state index contributed by atoms with van der Waals surface area (Å²) in [5.74, 6) is 0.431. The lowest BCUT2D eigenvalue weighted by Crippen LogP contribution is -2.28. The van der Waals surface area contributed by atoms with Crippen LogP contribution in [0.25, 0.3) is 0 Å². The van der Waals surface area contributed by atoms with Gasteiger partial charge in [0, 0.05) is 16.8 Å². The molecule has 0 bridgehead atoms. The van der Waals surface area contributed by atoms with Gasteiger partial charge in [0.1, 0.15) is 0 Å². The van der Waals surface area contributed by atoms with Crippen molar-refractivity contribution in [1.29, 1.82) is 0 Å². The predicted molar refractivity (Wildman–Crippen MR) is 78.1 cm³/mol. The van der Waals surface area contributed by atoms with Crippen LogP contribution in [-0.2, 0) is 6.42 Å². The van der Waals surface area contributed by atoms with E-state index >= 15 is 0 Å². The molecular formula is C14H18ClNS. The Kier molecular flexibility index (Phi) is 5.69. The lowest BCUT2D eigenvalue weighted by Gasteiger charge is -2.18. The zero-order valence-electron chi connectivity index (χ0n) is 9.87. The maximum atomic E-state index is 6.25. The Hall–Kier alpha value is -0.830. The molecule has 2 rings (SSSR count). The molecule has 0 aliphatic heterocycles. The van der Waals surface area contributed by atoms with Crippen molar-refractivity contribution in [2.45, 2.75) is 25.3 Å². The number of hydrogen-bond donors (Lipinski definition) is 1. The highest BCUT2D eigenvalue weighted by Gasteiger charge is 2.15. The number of hydrogen-bond acceptors (Lipinski definition) is 2. The van der Waals surface area contributed by atoms with Gasteiger partial charge < -0.3 is 5.73 Å². The average Bonchev–Trinajstić information content (AvgIpc) is 2.83. The predicted octanol–water partition coefficient (Wildman–Crippen LogP) is 3.84. The van der Waals surface area contributed by atoms with Gasteiger partial charge in [-0.05, 0) is 23.4 Å². The second-order valence-corrected chi connectivity index (χ2v) is 5.14. The molecule has 1 heterocycles. The first kappa shape index (κ1) is 14.2. The summed E-state index contributed by atoms with van der Waals surface area (Å²) in [6.07, 6.45) is 0.944. The van der Waals surface area contributed by atoms with Gasteiger partial charge in [-0.3, -0.25) is 0 Å². The molecule has 92 valence electrons. The first-order chi connectivity index (χ1) is 7.77. The van der Waals surface area contributed by atoms with Gasteiger partial charge in [0.25, 0.3) is 0 Å². The van der Waals surface area contributed by atoms with Gasteiger partial charge in [-0.1, -0.05) is 43.3 Å². The van der Waals surface area contributed by atoms with Crippen molar-refractivity contribution in [3.63, 3.8) is 0 Å². The van der Waals surface area contributed by atoms with E-state index in [1.54, 1.807) is 11.3 Å². The molecule has 1 aromatic carbocycles. The van der Waals surface area contributed by atoms with Crippen molar-refractivity contribution < 1.29 is 0 Å². The van der Waals surface area contributed by atoms with E-state index in [1.165, 1.54) is 10.4 Å². The van der Waals surface area contributed by atoms with E-state index in [-0.39, 0.29) is 18.4 Å². The van der Waals surface area contributed by atoms with E-state index in [2.05, 4.69) is 48.7 Å². The zero-order valence-corrected chi connectivity index (χ0v) is 11.5. The molecular weight excluding hydrogens is 250 g/mol. The summed E-state index contributed by atoms with van der Waals surface area (Å²) in [6.45, 7) is 2.21. The minimum absolute atomic E-state index is 0. The Balaban J connectivity index is 0.00000144. The molecule has 0 amide bonds. The summed E-state index contributed by atoms with van der Waals surface area (Å²) in [7, 11) is 0. The normalized spacial score (nSPS) is 13.8. The topological polar surface area (TPSA) is 26.0 Å². The molecule has 2 aromatic rings. The third kappa shape index (κ3) is 3.84. The minimum atomic E-state index is 0. The van der Waals surface area contributed by atoms with Crippen LogP contribution in [0, 0.1) is 0 Å². The molecule has 0 saturated carbocycles. The minimum Gasteiger partial charge on any atom is -0.327 e. The zero-order chi connectivity index (χ0) is 11.4. The fourth-order valence-corrected chi connectivity index (χ4v) is 2.69. The van der Waals surface area contributed by atoms with Gasteiger partial charge in [-0.2, -0.15) is 0 Å². The molecule has 0 aliphatic carbocycles. The second kappa shape index (κ2) is 6.80. The van der Waals surface area contributed by atoms with Crippen LogP contribution in [0.3, 0.4) is 0 Å². The van der Waals surface area contributed by atoms with E-state index in [4.69, 9.17) is 5.73 Å². The Morgan fingerprint density at radius 3 is 2.41 bits per heavy atom. The number of thiophene rings is 1. The van der Waals surface area contributed by atoms with Crippen LogP contribution in [0.1, 0.15) is 23.3 Å². The largest absolute Gasteiger partial charge is 0.327 e. The molecule has 3 heteroatoms. The van der Waals surface area contributed by atoms with E-state index < -0.39 is 0 Å². The van der Waals surface area contributed by atoms with Crippen molar-refractivity contribution >= 4 is 23.7 Å². The van der Waals surface area contributed by atoms with Crippen LogP contribution in [0.4, 0.5) is 0 Å². The Morgan fingerprint density at radius 1 is 1.12 bits per heavy atom. The Morgan fingerprint density at radius 2 is 1.82 bits per heavy atom. The van der Waals surface area contributed by atoms with Crippen molar-refractivity contribution in [1.82, 2.24) is 0 Å². The van der Waals surface area contributed by atoms with Gasteiger partial charge in [0.15, 0.2) is 0 Å².